The molecular weight excluding hydrogens is 328 g/mol. The molecule has 0 bridgehead atoms. The second kappa shape index (κ2) is 9.60. The number of aromatic nitrogens is 2. The van der Waals surface area contributed by atoms with Gasteiger partial charge in [0.1, 0.15) is 0 Å². The average Bonchev–Trinajstić information content (AvgIpc) is 3.01. The summed E-state index contributed by atoms with van der Waals surface area (Å²) in [5.41, 5.74) is 2.40. The van der Waals surface area contributed by atoms with Gasteiger partial charge in [0.05, 0.1) is 11.0 Å². The molecule has 0 N–H and O–H groups in total. The molecule has 0 spiro atoms. The zero-order chi connectivity index (χ0) is 17.5. The van der Waals surface area contributed by atoms with Crippen molar-refractivity contribution in [3.63, 3.8) is 0 Å². The molecule has 1 aromatic carbocycles. The molecule has 0 aliphatic carbocycles. The van der Waals surface area contributed by atoms with Gasteiger partial charge in [-0.2, -0.15) is 0 Å². The van der Waals surface area contributed by atoms with Crippen LogP contribution in [0.1, 0.15) is 33.1 Å². The fourth-order valence-corrected chi connectivity index (χ4v) is 4.65. The number of thioether (sulfide) groups is 1. The third-order valence-electron chi connectivity index (χ3n) is 5.24. The lowest BCUT2D eigenvalue weighted by Gasteiger charge is -2.26. The number of likely N-dealkylation sites (N-methyl/N-ethyl adjacent to an activating group) is 1. The van der Waals surface area contributed by atoms with Gasteiger partial charge >= 0.3 is 0 Å². The van der Waals surface area contributed by atoms with Crippen molar-refractivity contribution < 1.29 is 0 Å². The van der Waals surface area contributed by atoms with E-state index < -0.39 is 0 Å². The lowest BCUT2D eigenvalue weighted by atomic mass is 10.1. The van der Waals surface area contributed by atoms with Crippen molar-refractivity contribution in [1.29, 1.82) is 0 Å². The third-order valence-corrected chi connectivity index (χ3v) is 6.20. The minimum Gasteiger partial charge on any atom is -0.318 e. The van der Waals surface area contributed by atoms with E-state index in [-0.39, 0.29) is 0 Å². The maximum absolute atomic E-state index is 4.91. The molecule has 0 unspecified atom stereocenters. The second-order valence-electron chi connectivity index (χ2n) is 6.81. The van der Waals surface area contributed by atoms with Crippen molar-refractivity contribution in [1.82, 2.24) is 19.4 Å². The summed E-state index contributed by atoms with van der Waals surface area (Å²) in [7, 11) is 0. The molecule has 25 heavy (non-hydrogen) atoms. The summed E-state index contributed by atoms with van der Waals surface area (Å²) in [5.74, 6) is 1.13. The number of likely N-dealkylation sites (tertiary alicyclic amines) is 1. The largest absolute Gasteiger partial charge is 0.318 e. The van der Waals surface area contributed by atoms with Gasteiger partial charge in [-0.05, 0) is 51.2 Å². The summed E-state index contributed by atoms with van der Waals surface area (Å²) >= 11 is 1.92. The second-order valence-corrected chi connectivity index (χ2v) is 7.87. The van der Waals surface area contributed by atoms with E-state index in [2.05, 4.69) is 52.5 Å². The Bertz CT molecular complexity index is 644. The topological polar surface area (TPSA) is 24.3 Å². The van der Waals surface area contributed by atoms with Crippen molar-refractivity contribution in [3.05, 3.63) is 24.3 Å². The van der Waals surface area contributed by atoms with Crippen LogP contribution in [0.4, 0.5) is 0 Å². The highest BCUT2D eigenvalue weighted by atomic mass is 32.2. The van der Waals surface area contributed by atoms with Gasteiger partial charge in [0.2, 0.25) is 0 Å². The van der Waals surface area contributed by atoms with E-state index in [0.717, 1.165) is 37.4 Å². The van der Waals surface area contributed by atoms with E-state index in [9.17, 15) is 0 Å². The molecule has 1 aromatic heterocycles. The molecule has 1 aliphatic heterocycles. The Morgan fingerprint density at radius 1 is 1.04 bits per heavy atom. The number of imidazole rings is 1. The summed E-state index contributed by atoms with van der Waals surface area (Å²) in [5, 5.41) is 1.19. The Morgan fingerprint density at radius 2 is 1.80 bits per heavy atom. The summed E-state index contributed by atoms with van der Waals surface area (Å²) in [4.78, 5) is 10.0. The minimum atomic E-state index is 1.02. The highest BCUT2D eigenvalue weighted by Crippen LogP contribution is 2.24. The van der Waals surface area contributed by atoms with Gasteiger partial charge < -0.3 is 14.4 Å². The van der Waals surface area contributed by atoms with Gasteiger partial charge in [0.15, 0.2) is 5.16 Å². The smallest absolute Gasteiger partial charge is 0.169 e. The maximum atomic E-state index is 4.91. The fourth-order valence-electron chi connectivity index (χ4n) is 3.61. The van der Waals surface area contributed by atoms with E-state index in [1.54, 1.807) is 0 Å². The van der Waals surface area contributed by atoms with E-state index >= 15 is 0 Å². The van der Waals surface area contributed by atoms with Gasteiger partial charge in [0.25, 0.3) is 0 Å². The van der Waals surface area contributed by atoms with Crippen molar-refractivity contribution >= 4 is 22.8 Å². The first-order valence-corrected chi connectivity index (χ1v) is 10.8. The lowest BCUT2D eigenvalue weighted by molar-refractivity contribution is 0.242. The van der Waals surface area contributed by atoms with Crippen LogP contribution < -0.4 is 0 Å². The Balaban J connectivity index is 1.66. The van der Waals surface area contributed by atoms with Crippen LogP contribution in [0.3, 0.4) is 0 Å². The van der Waals surface area contributed by atoms with E-state index in [4.69, 9.17) is 4.98 Å². The Labute approximate surface area is 156 Å². The summed E-state index contributed by atoms with van der Waals surface area (Å²) < 4.78 is 2.43. The van der Waals surface area contributed by atoms with E-state index in [0.29, 0.717) is 0 Å². The molecular formula is C20H32N4S. The van der Waals surface area contributed by atoms with Crippen LogP contribution in [0.5, 0.6) is 0 Å². The third kappa shape index (κ3) is 4.99. The summed E-state index contributed by atoms with van der Waals surface area (Å²) in [6, 6.07) is 8.56. The van der Waals surface area contributed by atoms with Crippen LogP contribution in [0.2, 0.25) is 0 Å². The quantitative estimate of drug-likeness (QED) is 0.632. The molecule has 5 heteroatoms. The number of rotatable bonds is 9. The first-order chi connectivity index (χ1) is 12.3. The molecule has 2 heterocycles. The van der Waals surface area contributed by atoms with Gasteiger partial charge in [0, 0.05) is 25.4 Å². The average molecular weight is 361 g/mol. The molecule has 3 rings (SSSR count). The van der Waals surface area contributed by atoms with Crippen molar-refractivity contribution in [2.24, 2.45) is 0 Å². The number of benzene rings is 1. The van der Waals surface area contributed by atoms with Gasteiger partial charge in [-0.25, -0.2) is 4.98 Å². The molecule has 1 fully saturated rings. The number of fused-ring (bicyclic) bond motifs is 1. The van der Waals surface area contributed by atoms with Crippen LogP contribution in [0.25, 0.3) is 11.0 Å². The summed E-state index contributed by atoms with van der Waals surface area (Å²) in [6.07, 6.45) is 4.14. The molecule has 4 nitrogen and oxygen atoms in total. The zero-order valence-corrected chi connectivity index (χ0v) is 16.6. The van der Waals surface area contributed by atoms with Crippen molar-refractivity contribution in [2.45, 2.75) is 44.8 Å². The van der Waals surface area contributed by atoms with Gasteiger partial charge in [-0.1, -0.05) is 44.2 Å². The monoisotopic (exact) mass is 360 g/mol. The molecule has 1 saturated heterocycles. The molecule has 138 valence electrons. The lowest BCUT2D eigenvalue weighted by Crippen LogP contribution is -2.31. The number of hydrogen-bond acceptors (Lipinski definition) is 4. The van der Waals surface area contributed by atoms with Crippen molar-refractivity contribution in [3.8, 4) is 0 Å². The van der Waals surface area contributed by atoms with Gasteiger partial charge in [-0.15, -0.1) is 0 Å². The summed E-state index contributed by atoms with van der Waals surface area (Å²) in [6.45, 7) is 12.6. The minimum absolute atomic E-state index is 1.02. The van der Waals surface area contributed by atoms with Gasteiger partial charge in [-0.3, -0.25) is 0 Å². The Morgan fingerprint density at radius 3 is 2.56 bits per heavy atom. The molecule has 0 saturated carbocycles. The van der Waals surface area contributed by atoms with E-state index in [1.165, 1.54) is 49.6 Å². The SMILES string of the molecule is CCN(CC)CCn1c(SCCN2CCCCC2)nc2ccccc21. The Hall–Kier alpha value is -1.04. The number of para-hydroxylation sites is 2. The number of hydrogen-bond donors (Lipinski definition) is 0. The van der Waals surface area contributed by atoms with Crippen LogP contribution >= 0.6 is 11.8 Å². The highest BCUT2D eigenvalue weighted by Gasteiger charge is 2.14. The van der Waals surface area contributed by atoms with Crippen LogP contribution in [-0.2, 0) is 6.54 Å². The predicted octanol–water partition coefficient (Wildman–Crippen LogP) is 3.96. The normalized spacial score (nSPS) is 16.1. The molecule has 0 amide bonds. The van der Waals surface area contributed by atoms with Crippen LogP contribution in [0.15, 0.2) is 29.4 Å². The predicted molar refractivity (Wildman–Crippen MR) is 109 cm³/mol. The first-order valence-electron chi connectivity index (χ1n) is 9.84. The zero-order valence-electron chi connectivity index (χ0n) is 15.8. The highest BCUT2D eigenvalue weighted by molar-refractivity contribution is 7.99. The molecule has 2 aromatic rings. The number of piperidine rings is 1. The van der Waals surface area contributed by atoms with Crippen LogP contribution in [0, 0.1) is 0 Å². The molecule has 0 atom stereocenters. The molecule has 0 radical (unpaired) electrons. The standard InChI is InChI=1S/C20H32N4S/c1-3-22(4-2)14-15-24-19-11-7-6-10-18(19)21-20(24)25-17-16-23-12-8-5-9-13-23/h6-7,10-11H,3-5,8-9,12-17H2,1-2H3. The van der Waals surface area contributed by atoms with Crippen molar-refractivity contribution in [2.75, 3.05) is 45.0 Å². The fraction of sp³-hybridized carbons (Fsp3) is 0.650. The first kappa shape index (κ1) is 18.7. The molecule has 1 aliphatic rings. The van der Waals surface area contributed by atoms with Crippen LogP contribution in [-0.4, -0.2) is 64.4 Å². The number of nitrogens with zero attached hydrogens (tertiary/aromatic N) is 4. The van der Waals surface area contributed by atoms with E-state index in [1.807, 2.05) is 11.8 Å². The Kier molecular flexibility index (Phi) is 7.20. The maximum Gasteiger partial charge on any atom is 0.169 e.